The molecule has 1 unspecified atom stereocenters. The molecule has 2 aromatic rings. The van der Waals surface area contributed by atoms with Crippen LogP contribution in [0.2, 0.25) is 0 Å². The number of benzene rings is 1. The summed E-state index contributed by atoms with van der Waals surface area (Å²) in [6.45, 7) is 2.10. The maximum Gasteiger partial charge on any atom is 0.431 e. The minimum absolute atomic E-state index is 0.0364. The number of carbonyl (C=O) groups excluding carboxylic acids is 1. The smallest absolute Gasteiger partial charge is 0.365 e. The van der Waals surface area contributed by atoms with Gasteiger partial charge < -0.3 is 5.11 Å². The van der Waals surface area contributed by atoms with Crippen LogP contribution in [0.25, 0.3) is 0 Å². The topological polar surface area (TPSA) is 65.8 Å². The van der Waals surface area contributed by atoms with Gasteiger partial charge in [-0.1, -0.05) is 44.0 Å². The van der Waals surface area contributed by atoms with Gasteiger partial charge >= 0.3 is 6.18 Å². The first-order valence-corrected chi connectivity index (χ1v) is 9.47. The molecule has 0 saturated carbocycles. The average molecular weight is 405 g/mol. The summed E-state index contributed by atoms with van der Waals surface area (Å²) < 4.78 is 39.9. The van der Waals surface area contributed by atoms with Crippen molar-refractivity contribution < 1.29 is 23.1 Å². The Kier molecular flexibility index (Phi) is 6.02. The molecule has 0 aliphatic carbocycles. The van der Waals surface area contributed by atoms with Crippen LogP contribution < -0.4 is 0 Å². The number of pyridine rings is 1. The number of alkyl halides is 3. The fourth-order valence-electron chi connectivity index (χ4n) is 3.27. The second-order valence-electron chi connectivity index (χ2n) is 7.05. The van der Waals surface area contributed by atoms with E-state index in [2.05, 4.69) is 17.0 Å². The summed E-state index contributed by atoms with van der Waals surface area (Å²) in [5, 5.41) is 15.1. The Hall–Kier alpha value is -2.74. The number of hydrogen-bond acceptors (Lipinski definition) is 4. The molecule has 0 bridgehead atoms. The number of amides is 1. The molecule has 1 N–H and O–H groups in total. The molecule has 1 aromatic carbocycles. The average Bonchev–Trinajstić information content (AvgIpc) is 3.08. The third-order valence-corrected chi connectivity index (χ3v) is 4.90. The van der Waals surface area contributed by atoms with Gasteiger partial charge in [0.25, 0.3) is 5.91 Å². The van der Waals surface area contributed by atoms with Gasteiger partial charge in [-0.2, -0.15) is 23.3 Å². The lowest BCUT2D eigenvalue weighted by atomic mass is 9.94. The van der Waals surface area contributed by atoms with Crippen molar-refractivity contribution in [2.24, 2.45) is 5.10 Å². The minimum Gasteiger partial charge on any atom is -0.365 e. The largest absolute Gasteiger partial charge is 0.431 e. The number of aliphatic hydroxyl groups is 1. The van der Waals surface area contributed by atoms with Crippen molar-refractivity contribution in [2.45, 2.75) is 50.9 Å². The van der Waals surface area contributed by atoms with Crippen LogP contribution in [0.5, 0.6) is 0 Å². The first kappa shape index (κ1) is 21.0. The highest BCUT2D eigenvalue weighted by Crippen LogP contribution is 2.40. The molecule has 3 rings (SSSR count). The van der Waals surface area contributed by atoms with Crippen LogP contribution in [0.4, 0.5) is 13.2 Å². The summed E-state index contributed by atoms with van der Waals surface area (Å²) in [7, 11) is 0. The van der Waals surface area contributed by atoms with Crippen LogP contribution in [0.1, 0.15) is 54.1 Å². The fraction of sp³-hybridized carbons (Fsp3) is 0.381. The molecule has 1 aromatic heterocycles. The van der Waals surface area contributed by atoms with Gasteiger partial charge in [-0.25, -0.2) is 0 Å². The highest BCUT2D eigenvalue weighted by atomic mass is 19.4. The molecule has 29 heavy (non-hydrogen) atoms. The SMILES string of the molecule is CCCCCc1ccc(C2(O)CC(C(F)(F)F)=NN2C(=O)c2cccnc2)cc1. The van der Waals surface area contributed by atoms with Crippen molar-refractivity contribution in [2.75, 3.05) is 0 Å². The molecule has 1 atom stereocenters. The maximum absolute atomic E-state index is 13.3. The first-order valence-electron chi connectivity index (χ1n) is 9.47. The highest BCUT2D eigenvalue weighted by Gasteiger charge is 2.53. The van der Waals surface area contributed by atoms with Crippen LogP contribution >= 0.6 is 0 Å². The lowest BCUT2D eigenvalue weighted by Gasteiger charge is -2.31. The zero-order valence-corrected chi connectivity index (χ0v) is 16.0. The second-order valence-corrected chi connectivity index (χ2v) is 7.05. The number of rotatable bonds is 6. The number of unbranched alkanes of at least 4 members (excludes halogenated alkanes) is 2. The van der Waals surface area contributed by atoms with Gasteiger partial charge in [0.2, 0.25) is 0 Å². The summed E-state index contributed by atoms with van der Waals surface area (Å²) in [6.07, 6.45) is 1.09. The molecule has 1 amide bonds. The van der Waals surface area contributed by atoms with E-state index < -0.39 is 29.9 Å². The van der Waals surface area contributed by atoms with E-state index in [4.69, 9.17) is 0 Å². The van der Waals surface area contributed by atoms with Crippen LogP contribution in [0.3, 0.4) is 0 Å². The number of hydrogen-bond donors (Lipinski definition) is 1. The normalized spacial score (nSPS) is 19.3. The monoisotopic (exact) mass is 405 g/mol. The van der Waals surface area contributed by atoms with Gasteiger partial charge in [0.1, 0.15) is 5.71 Å². The number of hydrazone groups is 1. The zero-order valence-electron chi connectivity index (χ0n) is 16.0. The number of aromatic nitrogens is 1. The fourth-order valence-corrected chi connectivity index (χ4v) is 3.27. The van der Waals surface area contributed by atoms with Crippen molar-refractivity contribution in [3.63, 3.8) is 0 Å². The van der Waals surface area contributed by atoms with Crippen LogP contribution in [-0.4, -0.2) is 32.9 Å². The van der Waals surface area contributed by atoms with Crippen LogP contribution in [-0.2, 0) is 12.1 Å². The molecule has 0 fully saturated rings. The molecular formula is C21H22F3N3O2. The van der Waals surface area contributed by atoms with Crippen molar-refractivity contribution in [3.8, 4) is 0 Å². The second kappa shape index (κ2) is 8.32. The van der Waals surface area contributed by atoms with Gasteiger partial charge in [0.05, 0.1) is 12.0 Å². The van der Waals surface area contributed by atoms with E-state index in [-0.39, 0.29) is 11.1 Å². The Morgan fingerprint density at radius 1 is 1.21 bits per heavy atom. The van der Waals surface area contributed by atoms with E-state index in [1.807, 2.05) is 0 Å². The molecule has 154 valence electrons. The Morgan fingerprint density at radius 3 is 2.52 bits per heavy atom. The van der Waals surface area contributed by atoms with E-state index in [1.54, 1.807) is 24.3 Å². The Morgan fingerprint density at radius 2 is 1.93 bits per heavy atom. The van der Waals surface area contributed by atoms with E-state index in [0.717, 1.165) is 31.2 Å². The van der Waals surface area contributed by atoms with Crippen molar-refractivity contribution in [1.82, 2.24) is 9.99 Å². The third kappa shape index (κ3) is 4.48. The zero-order chi connectivity index (χ0) is 21.1. The number of halogens is 3. The van der Waals surface area contributed by atoms with Crippen molar-refractivity contribution in [1.29, 1.82) is 0 Å². The predicted molar refractivity (Wildman–Crippen MR) is 102 cm³/mol. The van der Waals surface area contributed by atoms with Gasteiger partial charge in [-0.15, -0.1) is 0 Å². The van der Waals surface area contributed by atoms with Gasteiger partial charge in [0, 0.05) is 18.0 Å². The molecule has 1 aliphatic heterocycles. The summed E-state index contributed by atoms with van der Waals surface area (Å²) in [5.41, 5.74) is -2.19. The standard InChI is InChI=1S/C21H22F3N3O2/c1-2-3-4-6-15-8-10-17(11-9-15)20(29)13-18(21(22,23)24)26-27(20)19(28)16-7-5-12-25-14-16/h5,7-12,14,29H,2-4,6,13H2,1H3. The summed E-state index contributed by atoms with van der Waals surface area (Å²) in [6, 6.07) is 9.54. The maximum atomic E-state index is 13.3. The number of nitrogens with zero attached hydrogens (tertiary/aromatic N) is 3. The number of carbonyl (C=O) groups is 1. The van der Waals surface area contributed by atoms with Gasteiger partial charge in [-0.3, -0.25) is 9.78 Å². The molecule has 2 heterocycles. The van der Waals surface area contributed by atoms with Crippen molar-refractivity contribution >= 4 is 11.6 Å². The Labute approximate surface area is 166 Å². The molecule has 1 aliphatic rings. The van der Waals surface area contributed by atoms with Crippen molar-refractivity contribution in [3.05, 3.63) is 65.5 Å². The number of aryl methyl sites for hydroxylation is 1. The Balaban J connectivity index is 1.93. The molecule has 0 saturated heterocycles. The van der Waals surface area contributed by atoms with E-state index in [0.29, 0.717) is 5.01 Å². The molecule has 0 radical (unpaired) electrons. The molecular weight excluding hydrogens is 383 g/mol. The van der Waals surface area contributed by atoms with Gasteiger partial charge in [-0.05, 0) is 30.5 Å². The molecule has 0 spiro atoms. The quantitative estimate of drug-likeness (QED) is 0.724. The molecule has 8 heteroatoms. The van der Waals surface area contributed by atoms with Gasteiger partial charge in [0.15, 0.2) is 5.72 Å². The summed E-state index contributed by atoms with van der Waals surface area (Å²) >= 11 is 0. The Bertz CT molecular complexity index is 882. The summed E-state index contributed by atoms with van der Waals surface area (Å²) in [5.74, 6) is -0.855. The van der Waals surface area contributed by atoms with E-state index >= 15 is 0 Å². The highest BCUT2D eigenvalue weighted by molar-refractivity contribution is 5.99. The first-order chi connectivity index (χ1) is 13.8. The minimum atomic E-state index is -4.75. The third-order valence-electron chi connectivity index (χ3n) is 4.90. The predicted octanol–water partition coefficient (Wildman–Crippen LogP) is 4.42. The van der Waals surface area contributed by atoms with Crippen LogP contribution in [0.15, 0.2) is 53.9 Å². The van der Waals surface area contributed by atoms with E-state index in [1.165, 1.54) is 24.5 Å². The van der Waals surface area contributed by atoms with E-state index in [9.17, 15) is 23.1 Å². The summed E-state index contributed by atoms with van der Waals surface area (Å²) in [4.78, 5) is 16.6. The lowest BCUT2D eigenvalue weighted by Crippen LogP contribution is -2.43. The lowest BCUT2D eigenvalue weighted by molar-refractivity contribution is -0.0816. The van der Waals surface area contributed by atoms with Crippen LogP contribution in [0, 0.1) is 0 Å². The molecule has 5 nitrogen and oxygen atoms in total.